The van der Waals surface area contributed by atoms with Crippen LogP contribution in [-0.4, -0.2) is 79.3 Å². The number of benzene rings is 1. The van der Waals surface area contributed by atoms with Gasteiger partial charge in [-0.1, -0.05) is 20.8 Å². The van der Waals surface area contributed by atoms with Crippen molar-refractivity contribution in [2.75, 3.05) is 49.6 Å². The Bertz CT molecular complexity index is 893. The second-order valence-electron chi connectivity index (χ2n) is 8.93. The summed E-state index contributed by atoms with van der Waals surface area (Å²) in [4.78, 5) is 28.6. The summed E-state index contributed by atoms with van der Waals surface area (Å²) in [5, 5.41) is 12.6. The highest BCUT2D eigenvalue weighted by atomic mass is 32.1. The average molecular weight is 469 g/mol. The predicted molar refractivity (Wildman–Crippen MR) is 122 cm³/mol. The number of amides is 2. The van der Waals surface area contributed by atoms with Crippen LogP contribution in [0.5, 0.6) is 0 Å². The quantitative estimate of drug-likeness (QED) is 0.652. The fourth-order valence-corrected chi connectivity index (χ4v) is 4.08. The van der Waals surface area contributed by atoms with Crippen LogP contribution in [0.3, 0.4) is 0 Å². The largest absolute Gasteiger partial charge is 0.474 e. The van der Waals surface area contributed by atoms with Crippen LogP contribution in [0.1, 0.15) is 20.8 Å². The maximum atomic E-state index is 15.1. The van der Waals surface area contributed by atoms with Gasteiger partial charge in [-0.3, -0.25) is 4.90 Å². The van der Waals surface area contributed by atoms with Crippen molar-refractivity contribution in [3.05, 3.63) is 24.0 Å². The lowest BCUT2D eigenvalue weighted by Gasteiger charge is -2.46. The number of carbonyl (C=O) groups is 2. The zero-order valence-corrected chi connectivity index (χ0v) is 19.4. The highest BCUT2D eigenvalue weighted by Crippen LogP contribution is 2.33. The third-order valence-electron chi connectivity index (χ3n) is 5.74. The van der Waals surface area contributed by atoms with E-state index in [1.54, 1.807) is 12.1 Å². The van der Waals surface area contributed by atoms with Crippen LogP contribution in [-0.2, 0) is 9.47 Å². The standard InChI is InChI=1S/C21H29FN4O5S/c1-21(2,3)17-12-24(7-8-25(17)19(27)28)16-6-5-13(9-15(16)22)26-11-14(31-20(26)29)10-23-18(32)30-4/h5-6,9,14,17H,7-8,10-12H2,1-4H3,(H,23,32)(H,27,28)/t14?,17-/m1/s1. The van der Waals surface area contributed by atoms with E-state index in [0.717, 1.165) is 0 Å². The Kier molecular flexibility index (Phi) is 6.97. The lowest BCUT2D eigenvalue weighted by molar-refractivity contribution is 0.0747. The molecule has 0 bridgehead atoms. The van der Waals surface area contributed by atoms with Gasteiger partial charge in [0.2, 0.25) is 0 Å². The van der Waals surface area contributed by atoms with Crippen LogP contribution in [0.25, 0.3) is 0 Å². The molecular formula is C21H29FN4O5S. The van der Waals surface area contributed by atoms with E-state index >= 15 is 4.39 Å². The van der Waals surface area contributed by atoms with Crippen molar-refractivity contribution >= 4 is 41.0 Å². The maximum absolute atomic E-state index is 15.1. The molecule has 9 nitrogen and oxygen atoms in total. The Morgan fingerprint density at radius 1 is 1.34 bits per heavy atom. The molecule has 0 radical (unpaired) electrons. The van der Waals surface area contributed by atoms with Crippen LogP contribution in [0.2, 0.25) is 0 Å². The molecule has 3 rings (SSSR count). The number of cyclic esters (lactones) is 1. The fraction of sp³-hybridized carbons (Fsp3) is 0.571. The van der Waals surface area contributed by atoms with Crippen LogP contribution in [0, 0.1) is 11.2 Å². The molecule has 32 heavy (non-hydrogen) atoms. The number of nitrogens with zero attached hydrogens (tertiary/aromatic N) is 3. The second kappa shape index (κ2) is 9.35. The fourth-order valence-electron chi connectivity index (χ4n) is 4.00. The minimum atomic E-state index is -0.969. The first-order valence-corrected chi connectivity index (χ1v) is 10.8. The number of anilines is 2. The number of halogens is 1. The first-order chi connectivity index (χ1) is 15.0. The summed E-state index contributed by atoms with van der Waals surface area (Å²) in [6.45, 7) is 7.51. The molecule has 1 unspecified atom stereocenters. The van der Waals surface area contributed by atoms with Gasteiger partial charge in [0, 0.05) is 19.6 Å². The van der Waals surface area contributed by atoms with Crippen molar-refractivity contribution in [1.82, 2.24) is 10.2 Å². The summed E-state index contributed by atoms with van der Waals surface area (Å²) in [6.07, 6.45) is -1.98. The highest BCUT2D eigenvalue weighted by Gasteiger charge is 2.39. The smallest absolute Gasteiger partial charge is 0.414 e. The number of rotatable bonds is 4. The third kappa shape index (κ3) is 5.14. The van der Waals surface area contributed by atoms with Gasteiger partial charge >= 0.3 is 12.2 Å². The van der Waals surface area contributed by atoms with E-state index in [-0.39, 0.29) is 36.3 Å². The van der Waals surface area contributed by atoms with Gasteiger partial charge in [0.15, 0.2) is 0 Å². The van der Waals surface area contributed by atoms with Crippen molar-refractivity contribution in [2.24, 2.45) is 5.41 Å². The minimum Gasteiger partial charge on any atom is -0.474 e. The molecule has 2 heterocycles. The number of thiocarbonyl (C=S) groups is 1. The molecule has 11 heteroatoms. The number of carboxylic acid groups (broad SMARTS) is 1. The summed E-state index contributed by atoms with van der Waals surface area (Å²) in [7, 11) is 1.44. The monoisotopic (exact) mass is 468 g/mol. The SMILES string of the molecule is COC(=S)NCC1CN(c2ccc(N3CCN(C(=O)O)[C@@H](C(C)(C)C)C3)c(F)c2)C(=O)O1. The Balaban J connectivity index is 1.72. The molecule has 1 aromatic rings. The summed E-state index contributed by atoms with van der Waals surface area (Å²) < 4.78 is 25.3. The summed E-state index contributed by atoms with van der Waals surface area (Å²) in [5.74, 6) is -0.478. The molecule has 0 spiro atoms. The molecule has 2 amide bonds. The lowest BCUT2D eigenvalue weighted by atomic mass is 9.84. The van der Waals surface area contributed by atoms with E-state index in [9.17, 15) is 14.7 Å². The van der Waals surface area contributed by atoms with E-state index in [2.05, 4.69) is 5.32 Å². The number of ether oxygens (including phenoxy) is 2. The molecule has 2 N–H and O–H groups in total. The Hall–Kier alpha value is -2.82. The molecule has 0 aliphatic carbocycles. The van der Waals surface area contributed by atoms with Crippen molar-refractivity contribution in [3.8, 4) is 0 Å². The van der Waals surface area contributed by atoms with Crippen molar-refractivity contribution < 1.29 is 28.6 Å². The zero-order valence-electron chi connectivity index (χ0n) is 18.6. The number of methoxy groups -OCH3 is 1. The number of hydrogen-bond acceptors (Lipinski definition) is 6. The first kappa shape index (κ1) is 23.8. The molecule has 0 saturated carbocycles. The van der Waals surface area contributed by atoms with Crippen LogP contribution in [0.4, 0.5) is 25.4 Å². The molecule has 2 atom stereocenters. The topological polar surface area (TPSA) is 94.6 Å². The Morgan fingerprint density at radius 2 is 2.06 bits per heavy atom. The molecule has 2 aliphatic rings. The van der Waals surface area contributed by atoms with E-state index in [1.165, 1.54) is 23.0 Å². The number of piperazine rings is 1. The predicted octanol–water partition coefficient (Wildman–Crippen LogP) is 2.89. The van der Waals surface area contributed by atoms with Crippen molar-refractivity contribution in [3.63, 3.8) is 0 Å². The van der Waals surface area contributed by atoms with Gasteiger partial charge in [0.05, 0.1) is 37.6 Å². The van der Waals surface area contributed by atoms with Gasteiger partial charge in [-0.25, -0.2) is 14.0 Å². The van der Waals surface area contributed by atoms with Gasteiger partial charge in [-0.05, 0) is 35.8 Å². The van der Waals surface area contributed by atoms with Crippen molar-refractivity contribution in [1.29, 1.82) is 0 Å². The van der Waals surface area contributed by atoms with Gasteiger partial charge in [0.25, 0.3) is 5.17 Å². The summed E-state index contributed by atoms with van der Waals surface area (Å²) in [6, 6.07) is 4.32. The lowest BCUT2D eigenvalue weighted by Crippen LogP contribution is -2.59. The second-order valence-corrected chi connectivity index (χ2v) is 9.30. The average Bonchev–Trinajstić information content (AvgIpc) is 3.11. The maximum Gasteiger partial charge on any atom is 0.414 e. The molecule has 1 aromatic carbocycles. The molecule has 2 aliphatic heterocycles. The van der Waals surface area contributed by atoms with Crippen LogP contribution < -0.4 is 15.1 Å². The van der Waals surface area contributed by atoms with E-state index in [1.807, 2.05) is 25.7 Å². The van der Waals surface area contributed by atoms with Crippen molar-refractivity contribution in [2.45, 2.75) is 32.9 Å². The van der Waals surface area contributed by atoms with E-state index in [4.69, 9.17) is 21.7 Å². The number of carbonyl (C=O) groups excluding carboxylic acids is 1. The van der Waals surface area contributed by atoms with Gasteiger partial charge in [-0.2, -0.15) is 0 Å². The Morgan fingerprint density at radius 3 is 2.66 bits per heavy atom. The normalized spacial score (nSPS) is 21.4. The molecule has 2 fully saturated rings. The number of hydrogen-bond donors (Lipinski definition) is 2. The third-order valence-corrected chi connectivity index (χ3v) is 6.05. The van der Waals surface area contributed by atoms with Gasteiger partial charge in [0.1, 0.15) is 11.9 Å². The van der Waals surface area contributed by atoms with Gasteiger partial charge < -0.3 is 29.7 Å². The molecule has 2 saturated heterocycles. The summed E-state index contributed by atoms with van der Waals surface area (Å²) in [5.41, 5.74) is 0.468. The van der Waals surface area contributed by atoms with E-state index < -0.39 is 24.1 Å². The van der Waals surface area contributed by atoms with Crippen LogP contribution >= 0.6 is 12.2 Å². The van der Waals surface area contributed by atoms with Gasteiger partial charge in [-0.15, -0.1) is 0 Å². The minimum absolute atomic E-state index is 0.200. The summed E-state index contributed by atoms with van der Waals surface area (Å²) >= 11 is 4.91. The Labute approximate surface area is 192 Å². The molecule has 0 aromatic heterocycles. The highest BCUT2D eigenvalue weighted by molar-refractivity contribution is 7.80. The number of nitrogens with one attached hydrogen (secondary N) is 1. The molecular weight excluding hydrogens is 439 g/mol. The molecule has 176 valence electrons. The van der Waals surface area contributed by atoms with E-state index in [0.29, 0.717) is 24.5 Å². The zero-order chi connectivity index (χ0) is 23.6. The first-order valence-electron chi connectivity index (χ1n) is 10.3. The van der Waals surface area contributed by atoms with Crippen LogP contribution in [0.15, 0.2) is 18.2 Å².